The van der Waals surface area contributed by atoms with E-state index >= 15 is 0 Å². The molecule has 16 heavy (non-hydrogen) atoms. The SMILES string of the molecule is CN(Cc1cscn1)C(=O)[C@H]1CCN1.Cl.Cl. The van der Waals surface area contributed by atoms with Gasteiger partial charge in [0.1, 0.15) is 0 Å². The van der Waals surface area contributed by atoms with Gasteiger partial charge in [-0.05, 0) is 13.0 Å². The summed E-state index contributed by atoms with van der Waals surface area (Å²) in [5, 5.41) is 5.07. The van der Waals surface area contributed by atoms with E-state index in [0.29, 0.717) is 6.54 Å². The number of halogens is 2. The molecule has 92 valence electrons. The molecule has 7 heteroatoms. The first-order chi connectivity index (χ1) is 6.77. The summed E-state index contributed by atoms with van der Waals surface area (Å²) >= 11 is 1.56. The van der Waals surface area contributed by atoms with Gasteiger partial charge in [0.2, 0.25) is 5.91 Å². The number of carbonyl (C=O) groups is 1. The van der Waals surface area contributed by atoms with Crippen LogP contribution in [-0.4, -0.2) is 35.4 Å². The van der Waals surface area contributed by atoms with Crippen molar-refractivity contribution in [3.8, 4) is 0 Å². The highest BCUT2D eigenvalue weighted by molar-refractivity contribution is 7.07. The van der Waals surface area contributed by atoms with E-state index in [-0.39, 0.29) is 36.8 Å². The van der Waals surface area contributed by atoms with Gasteiger partial charge in [0.25, 0.3) is 0 Å². The number of hydrogen-bond acceptors (Lipinski definition) is 4. The fourth-order valence-corrected chi connectivity index (χ4v) is 1.95. The van der Waals surface area contributed by atoms with Gasteiger partial charge < -0.3 is 10.2 Å². The molecule has 0 aromatic carbocycles. The highest BCUT2D eigenvalue weighted by atomic mass is 35.5. The van der Waals surface area contributed by atoms with E-state index in [9.17, 15) is 4.79 Å². The summed E-state index contributed by atoms with van der Waals surface area (Å²) in [4.78, 5) is 17.6. The molecule has 2 rings (SSSR count). The number of hydrogen-bond donors (Lipinski definition) is 1. The third kappa shape index (κ3) is 3.59. The fraction of sp³-hybridized carbons (Fsp3) is 0.556. The molecule has 1 saturated heterocycles. The monoisotopic (exact) mass is 283 g/mol. The highest BCUT2D eigenvalue weighted by Gasteiger charge is 2.27. The van der Waals surface area contributed by atoms with Crippen LogP contribution < -0.4 is 5.32 Å². The quantitative estimate of drug-likeness (QED) is 0.910. The number of nitrogens with one attached hydrogen (secondary N) is 1. The van der Waals surface area contributed by atoms with Crippen molar-refractivity contribution in [3.63, 3.8) is 0 Å². The molecule has 1 atom stereocenters. The molecule has 0 spiro atoms. The number of nitrogens with zero attached hydrogens (tertiary/aromatic N) is 2. The van der Waals surface area contributed by atoms with Gasteiger partial charge in [-0.1, -0.05) is 0 Å². The maximum absolute atomic E-state index is 11.7. The van der Waals surface area contributed by atoms with Crippen LogP contribution >= 0.6 is 36.2 Å². The van der Waals surface area contributed by atoms with Crippen LogP contribution in [0.25, 0.3) is 0 Å². The molecule has 0 bridgehead atoms. The molecule has 1 aromatic heterocycles. The minimum absolute atomic E-state index is 0. The number of likely N-dealkylation sites (N-methyl/N-ethyl adjacent to an activating group) is 1. The summed E-state index contributed by atoms with van der Waals surface area (Å²) in [6.45, 7) is 1.57. The van der Waals surface area contributed by atoms with Crippen molar-refractivity contribution in [1.29, 1.82) is 0 Å². The minimum Gasteiger partial charge on any atom is -0.338 e. The molecular weight excluding hydrogens is 269 g/mol. The first-order valence-electron chi connectivity index (χ1n) is 4.63. The largest absolute Gasteiger partial charge is 0.338 e. The van der Waals surface area contributed by atoms with Crippen LogP contribution in [0.3, 0.4) is 0 Å². The van der Waals surface area contributed by atoms with Gasteiger partial charge in [0, 0.05) is 12.4 Å². The Hall–Kier alpha value is -0.360. The molecule has 2 heterocycles. The number of aromatic nitrogens is 1. The van der Waals surface area contributed by atoms with Gasteiger partial charge in [-0.25, -0.2) is 4.98 Å². The first-order valence-corrected chi connectivity index (χ1v) is 5.57. The van der Waals surface area contributed by atoms with Crippen molar-refractivity contribution in [2.24, 2.45) is 0 Å². The van der Waals surface area contributed by atoms with E-state index in [1.807, 2.05) is 12.4 Å². The van der Waals surface area contributed by atoms with Crippen molar-refractivity contribution in [3.05, 3.63) is 16.6 Å². The zero-order valence-corrected chi connectivity index (χ0v) is 11.3. The Kier molecular flexibility index (Phi) is 6.90. The second-order valence-corrected chi connectivity index (χ2v) is 4.19. The summed E-state index contributed by atoms with van der Waals surface area (Å²) < 4.78 is 0. The lowest BCUT2D eigenvalue weighted by molar-refractivity contribution is -0.134. The molecule has 1 aromatic rings. The van der Waals surface area contributed by atoms with Crippen molar-refractivity contribution in [2.75, 3.05) is 13.6 Å². The van der Waals surface area contributed by atoms with E-state index in [4.69, 9.17) is 0 Å². The van der Waals surface area contributed by atoms with Crippen molar-refractivity contribution in [1.82, 2.24) is 15.2 Å². The van der Waals surface area contributed by atoms with Crippen LogP contribution in [0.15, 0.2) is 10.9 Å². The first kappa shape index (κ1) is 15.6. The summed E-state index contributed by atoms with van der Waals surface area (Å²) in [6, 6.07) is 0.0404. The normalized spacial score (nSPS) is 17.7. The minimum atomic E-state index is 0. The van der Waals surface area contributed by atoms with Crippen LogP contribution in [0.2, 0.25) is 0 Å². The van der Waals surface area contributed by atoms with Crippen molar-refractivity contribution >= 4 is 42.1 Å². The molecule has 1 fully saturated rings. The maximum Gasteiger partial charge on any atom is 0.239 e. The third-order valence-electron chi connectivity index (χ3n) is 2.38. The Morgan fingerprint density at radius 1 is 1.69 bits per heavy atom. The summed E-state index contributed by atoms with van der Waals surface area (Å²) in [5.74, 6) is 0.171. The molecule has 0 unspecified atom stereocenters. The topological polar surface area (TPSA) is 45.2 Å². The Morgan fingerprint density at radius 3 is 2.81 bits per heavy atom. The van der Waals surface area contributed by atoms with Crippen LogP contribution in [0.5, 0.6) is 0 Å². The van der Waals surface area contributed by atoms with Crippen molar-refractivity contribution in [2.45, 2.75) is 19.0 Å². The lowest BCUT2D eigenvalue weighted by Crippen LogP contribution is -2.53. The second-order valence-electron chi connectivity index (χ2n) is 3.47. The molecule has 1 N–H and O–H groups in total. The third-order valence-corrected chi connectivity index (χ3v) is 3.02. The van der Waals surface area contributed by atoms with Crippen LogP contribution in [-0.2, 0) is 11.3 Å². The fourth-order valence-electron chi connectivity index (χ4n) is 1.40. The molecule has 1 amide bonds. The number of rotatable bonds is 3. The molecule has 1 aliphatic rings. The highest BCUT2D eigenvalue weighted by Crippen LogP contribution is 2.09. The average Bonchev–Trinajstić information content (AvgIpc) is 2.53. The van der Waals surface area contributed by atoms with Crippen LogP contribution in [0, 0.1) is 0 Å². The molecule has 1 aliphatic heterocycles. The van der Waals surface area contributed by atoms with Gasteiger partial charge >= 0.3 is 0 Å². The Morgan fingerprint density at radius 2 is 2.38 bits per heavy atom. The average molecular weight is 284 g/mol. The van der Waals surface area contributed by atoms with Crippen LogP contribution in [0.1, 0.15) is 12.1 Å². The van der Waals surface area contributed by atoms with Gasteiger partial charge in [-0.3, -0.25) is 4.79 Å². The molecule has 4 nitrogen and oxygen atoms in total. The number of thiazole rings is 1. The van der Waals surface area contributed by atoms with E-state index in [1.165, 1.54) is 0 Å². The summed E-state index contributed by atoms with van der Waals surface area (Å²) in [7, 11) is 1.82. The van der Waals surface area contributed by atoms with E-state index < -0.39 is 0 Å². The Bertz CT molecular complexity index is 317. The smallest absolute Gasteiger partial charge is 0.239 e. The zero-order valence-electron chi connectivity index (χ0n) is 8.88. The van der Waals surface area contributed by atoms with Gasteiger partial charge in [0.05, 0.1) is 23.8 Å². The standard InChI is InChI=1S/C9H13N3OS.2ClH/c1-12(4-7-5-14-6-11-7)9(13)8-2-3-10-8;;/h5-6,8,10H,2-4H2,1H3;2*1H/t8-;;/m1../s1. The molecule has 0 aliphatic carbocycles. The van der Waals surface area contributed by atoms with Gasteiger partial charge in [-0.15, -0.1) is 36.2 Å². The van der Waals surface area contributed by atoms with E-state index in [2.05, 4.69) is 10.3 Å². The molecule has 0 radical (unpaired) electrons. The molecular formula is C9H15Cl2N3OS. The van der Waals surface area contributed by atoms with E-state index in [0.717, 1.165) is 18.7 Å². The van der Waals surface area contributed by atoms with Crippen molar-refractivity contribution < 1.29 is 4.79 Å². The second kappa shape index (κ2) is 7.06. The molecule has 0 saturated carbocycles. The summed E-state index contributed by atoms with van der Waals surface area (Å²) in [5.41, 5.74) is 2.75. The number of carbonyl (C=O) groups excluding carboxylic acids is 1. The predicted molar refractivity (Wildman–Crippen MR) is 69.5 cm³/mol. The zero-order chi connectivity index (χ0) is 9.97. The van der Waals surface area contributed by atoms with Gasteiger partial charge in [0.15, 0.2) is 0 Å². The van der Waals surface area contributed by atoms with Gasteiger partial charge in [-0.2, -0.15) is 0 Å². The number of amides is 1. The Labute approximate surface area is 111 Å². The maximum atomic E-state index is 11.7. The van der Waals surface area contributed by atoms with E-state index in [1.54, 1.807) is 21.7 Å². The lowest BCUT2D eigenvalue weighted by atomic mass is 10.1. The predicted octanol–water partition coefficient (Wildman–Crippen LogP) is 1.31. The van der Waals surface area contributed by atoms with Crippen LogP contribution in [0.4, 0.5) is 0 Å². The lowest BCUT2D eigenvalue weighted by Gasteiger charge is -2.30. The Balaban J connectivity index is 0.00000112. The summed E-state index contributed by atoms with van der Waals surface area (Å²) in [6.07, 6.45) is 0.959.